The highest BCUT2D eigenvalue weighted by Crippen LogP contribution is 1.95. The Balaban J connectivity index is 1.84. The van der Waals surface area contributed by atoms with Gasteiger partial charge in [0, 0.05) is 39.8 Å². The largest absolute Gasteiger partial charge is 0.385 e. The van der Waals surface area contributed by atoms with Crippen molar-refractivity contribution in [2.75, 3.05) is 40.0 Å². The Bertz CT molecular complexity index is 291. The Labute approximate surface area is 102 Å². The topological polar surface area (TPSA) is 69.4 Å². The number of rotatable bonds is 10. The Morgan fingerprint density at radius 1 is 1.24 bits per heavy atom. The molecule has 0 aliphatic carbocycles. The molecule has 0 saturated heterocycles. The van der Waals surface area contributed by atoms with Gasteiger partial charge in [-0.25, -0.2) is 0 Å². The molecular formula is C11H21N3O3. The van der Waals surface area contributed by atoms with Gasteiger partial charge in [-0.2, -0.15) is 4.98 Å². The first-order chi connectivity index (χ1) is 8.33. The van der Waals surface area contributed by atoms with Gasteiger partial charge in [0.15, 0.2) is 5.82 Å². The molecule has 0 aliphatic heterocycles. The first-order valence-corrected chi connectivity index (χ1v) is 5.89. The van der Waals surface area contributed by atoms with Crippen LogP contribution in [0.25, 0.3) is 0 Å². The van der Waals surface area contributed by atoms with E-state index >= 15 is 0 Å². The van der Waals surface area contributed by atoms with Crippen LogP contribution in [0.5, 0.6) is 0 Å². The van der Waals surface area contributed by atoms with E-state index in [1.54, 1.807) is 7.11 Å². The third-order valence-corrected chi connectivity index (χ3v) is 2.15. The molecule has 1 aromatic rings. The zero-order valence-corrected chi connectivity index (χ0v) is 10.6. The fourth-order valence-electron chi connectivity index (χ4n) is 1.31. The summed E-state index contributed by atoms with van der Waals surface area (Å²) in [6, 6.07) is 0. The van der Waals surface area contributed by atoms with Crippen LogP contribution in [0, 0.1) is 6.92 Å². The van der Waals surface area contributed by atoms with Gasteiger partial charge in [0.05, 0.1) is 6.61 Å². The van der Waals surface area contributed by atoms with Crippen molar-refractivity contribution in [1.82, 2.24) is 15.5 Å². The summed E-state index contributed by atoms with van der Waals surface area (Å²) in [5.41, 5.74) is 0. The van der Waals surface area contributed by atoms with Crippen LogP contribution >= 0.6 is 0 Å². The van der Waals surface area contributed by atoms with Gasteiger partial charge in [0.2, 0.25) is 5.89 Å². The van der Waals surface area contributed by atoms with Gasteiger partial charge < -0.3 is 19.3 Å². The predicted octanol–water partition coefficient (Wildman–Crippen LogP) is 0.563. The summed E-state index contributed by atoms with van der Waals surface area (Å²) in [7, 11) is 1.70. The fraction of sp³-hybridized carbons (Fsp3) is 0.818. The van der Waals surface area contributed by atoms with Gasteiger partial charge in [-0.1, -0.05) is 5.16 Å². The first-order valence-electron chi connectivity index (χ1n) is 5.89. The van der Waals surface area contributed by atoms with Gasteiger partial charge in [-0.3, -0.25) is 0 Å². The quantitative estimate of drug-likeness (QED) is 0.606. The maximum Gasteiger partial charge on any atom is 0.227 e. The summed E-state index contributed by atoms with van der Waals surface area (Å²) in [5.74, 6) is 1.36. The number of nitrogens with one attached hydrogen (secondary N) is 1. The summed E-state index contributed by atoms with van der Waals surface area (Å²) in [4.78, 5) is 4.12. The normalized spacial score (nSPS) is 10.9. The monoisotopic (exact) mass is 243 g/mol. The number of hydrogen-bond acceptors (Lipinski definition) is 6. The Kier molecular flexibility index (Phi) is 7.53. The molecule has 6 heteroatoms. The van der Waals surface area contributed by atoms with E-state index in [4.69, 9.17) is 14.0 Å². The van der Waals surface area contributed by atoms with Crippen molar-refractivity contribution in [3.05, 3.63) is 11.7 Å². The molecule has 1 aromatic heterocycles. The highest BCUT2D eigenvalue weighted by molar-refractivity contribution is 4.83. The standard InChI is InChI=1S/C11H21N3O3/c1-10-13-11(17-14-10)4-5-12-6-9-16-8-3-7-15-2/h12H,3-9H2,1-2H3. The number of aryl methyl sites for hydroxylation is 1. The summed E-state index contributed by atoms with van der Waals surface area (Å²) in [5, 5.41) is 6.97. The van der Waals surface area contributed by atoms with Crippen LogP contribution in [0.1, 0.15) is 18.1 Å². The van der Waals surface area contributed by atoms with E-state index in [-0.39, 0.29) is 0 Å². The van der Waals surface area contributed by atoms with Crippen LogP contribution in [-0.2, 0) is 15.9 Å². The SMILES string of the molecule is COCCCOCCNCCc1nc(C)no1. The second-order valence-electron chi connectivity index (χ2n) is 3.69. The number of aromatic nitrogens is 2. The van der Waals surface area contributed by atoms with Gasteiger partial charge in [0.25, 0.3) is 0 Å². The molecule has 98 valence electrons. The second-order valence-corrected chi connectivity index (χ2v) is 3.69. The number of ether oxygens (including phenoxy) is 2. The maximum atomic E-state index is 5.40. The van der Waals surface area contributed by atoms with Crippen LogP contribution < -0.4 is 5.32 Å². The van der Waals surface area contributed by atoms with Crippen molar-refractivity contribution < 1.29 is 14.0 Å². The molecule has 0 saturated carbocycles. The Morgan fingerprint density at radius 2 is 2.12 bits per heavy atom. The van der Waals surface area contributed by atoms with Crippen molar-refractivity contribution in [3.8, 4) is 0 Å². The summed E-state index contributed by atoms with van der Waals surface area (Å²) >= 11 is 0. The van der Waals surface area contributed by atoms with Gasteiger partial charge in [-0.15, -0.1) is 0 Å². The third-order valence-electron chi connectivity index (χ3n) is 2.15. The van der Waals surface area contributed by atoms with Crippen molar-refractivity contribution in [2.45, 2.75) is 19.8 Å². The Hall–Kier alpha value is -0.980. The number of nitrogens with zero attached hydrogens (tertiary/aromatic N) is 2. The molecule has 0 spiro atoms. The molecule has 6 nitrogen and oxygen atoms in total. The lowest BCUT2D eigenvalue weighted by atomic mass is 10.4. The van der Waals surface area contributed by atoms with Crippen LogP contribution in [0.3, 0.4) is 0 Å². The van der Waals surface area contributed by atoms with E-state index in [1.807, 2.05) is 6.92 Å². The minimum atomic E-state index is 0.677. The maximum absolute atomic E-state index is 5.40. The number of methoxy groups -OCH3 is 1. The highest BCUT2D eigenvalue weighted by atomic mass is 16.5. The van der Waals surface area contributed by atoms with Crippen LogP contribution in [-0.4, -0.2) is 50.2 Å². The fourth-order valence-corrected chi connectivity index (χ4v) is 1.31. The van der Waals surface area contributed by atoms with E-state index in [9.17, 15) is 0 Å². The lowest BCUT2D eigenvalue weighted by molar-refractivity contribution is 0.104. The molecule has 0 radical (unpaired) electrons. The first kappa shape index (κ1) is 14.1. The van der Waals surface area contributed by atoms with Gasteiger partial charge in [0.1, 0.15) is 0 Å². The lowest BCUT2D eigenvalue weighted by Gasteiger charge is -2.04. The summed E-state index contributed by atoms with van der Waals surface area (Å²) in [6.07, 6.45) is 1.70. The van der Waals surface area contributed by atoms with Crippen molar-refractivity contribution in [2.24, 2.45) is 0 Å². The molecule has 0 bridgehead atoms. The van der Waals surface area contributed by atoms with E-state index in [1.165, 1.54) is 0 Å². The molecule has 0 amide bonds. The Morgan fingerprint density at radius 3 is 2.82 bits per heavy atom. The number of hydrogen-bond donors (Lipinski definition) is 1. The van der Waals surface area contributed by atoms with E-state index < -0.39 is 0 Å². The molecule has 0 aliphatic rings. The lowest BCUT2D eigenvalue weighted by Crippen LogP contribution is -2.22. The molecule has 1 N–H and O–H groups in total. The molecule has 1 heterocycles. The van der Waals surface area contributed by atoms with Crippen LogP contribution in [0.4, 0.5) is 0 Å². The predicted molar refractivity (Wildman–Crippen MR) is 62.9 cm³/mol. The molecule has 0 unspecified atom stereocenters. The van der Waals surface area contributed by atoms with E-state index in [0.717, 1.165) is 39.1 Å². The molecule has 1 rings (SSSR count). The second kappa shape index (κ2) is 9.09. The third kappa shape index (κ3) is 7.04. The molecular weight excluding hydrogens is 222 g/mol. The smallest absolute Gasteiger partial charge is 0.227 e. The average Bonchev–Trinajstić information content (AvgIpc) is 2.73. The zero-order chi connectivity index (χ0) is 12.3. The highest BCUT2D eigenvalue weighted by Gasteiger charge is 2.00. The van der Waals surface area contributed by atoms with Crippen LogP contribution in [0.15, 0.2) is 4.52 Å². The van der Waals surface area contributed by atoms with Gasteiger partial charge in [-0.05, 0) is 13.3 Å². The molecule has 0 aromatic carbocycles. The van der Waals surface area contributed by atoms with Crippen molar-refractivity contribution in [1.29, 1.82) is 0 Å². The molecule has 0 fully saturated rings. The van der Waals surface area contributed by atoms with Crippen molar-refractivity contribution >= 4 is 0 Å². The van der Waals surface area contributed by atoms with Crippen LogP contribution in [0.2, 0.25) is 0 Å². The minimum absolute atomic E-state index is 0.677. The van der Waals surface area contributed by atoms with E-state index in [2.05, 4.69) is 15.5 Å². The average molecular weight is 243 g/mol. The summed E-state index contributed by atoms with van der Waals surface area (Å²) in [6.45, 7) is 5.69. The van der Waals surface area contributed by atoms with Gasteiger partial charge >= 0.3 is 0 Å². The molecule has 0 atom stereocenters. The van der Waals surface area contributed by atoms with E-state index in [0.29, 0.717) is 18.3 Å². The molecule has 17 heavy (non-hydrogen) atoms. The van der Waals surface area contributed by atoms with Crippen molar-refractivity contribution in [3.63, 3.8) is 0 Å². The zero-order valence-electron chi connectivity index (χ0n) is 10.6. The minimum Gasteiger partial charge on any atom is -0.385 e. The summed E-state index contributed by atoms with van der Waals surface area (Å²) < 4.78 is 15.3.